The normalized spacial score (nSPS) is 11.9. The molecule has 0 heterocycles. The second kappa shape index (κ2) is 11.4. The van der Waals surface area contributed by atoms with Gasteiger partial charge in [0.05, 0.1) is 0 Å². The van der Waals surface area contributed by atoms with Crippen LogP contribution < -0.4 is 10.1 Å². The number of nitrogens with one attached hydrogen (secondary N) is 1. The third kappa shape index (κ3) is 7.15. The molecule has 1 unspecified atom stereocenters. The number of carbonyl (C=O) groups excluding carboxylic acids is 2. The van der Waals surface area contributed by atoms with Crippen molar-refractivity contribution in [3.05, 3.63) is 63.1 Å². The minimum absolute atomic E-state index is 0.101. The summed E-state index contributed by atoms with van der Waals surface area (Å²) in [5.74, 6) is 0.359. The number of hydrogen-bond donors (Lipinski definition) is 1. The van der Waals surface area contributed by atoms with Crippen LogP contribution in [-0.2, 0) is 16.1 Å². The molecule has 0 aliphatic heterocycles. The van der Waals surface area contributed by atoms with Crippen LogP contribution in [0.2, 0.25) is 10.0 Å². The highest BCUT2D eigenvalue weighted by Gasteiger charge is 2.28. The molecule has 2 amide bonds. The average Bonchev–Trinajstić information content (AvgIpc) is 2.70. The maximum atomic E-state index is 13.1. The van der Waals surface area contributed by atoms with Crippen LogP contribution in [0.5, 0.6) is 5.75 Å². The molecule has 0 aromatic heterocycles. The Hall–Kier alpha value is -2.24. The van der Waals surface area contributed by atoms with Crippen molar-refractivity contribution in [3.8, 4) is 5.75 Å². The van der Waals surface area contributed by atoms with Gasteiger partial charge >= 0.3 is 0 Å². The first-order valence-corrected chi connectivity index (χ1v) is 11.1. The third-order valence-electron chi connectivity index (χ3n) is 4.92. The molecule has 0 aliphatic carbocycles. The van der Waals surface area contributed by atoms with Gasteiger partial charge in [-0.25, -0.2) is 0 Å². The van der Waals surface area contributed by atoms with E-state index in [0.717, 1.165) is 11.1 Å². The molecule has 2 aromatic carbocycles. The Labute approximate surface area is 194 Å². The molecule has 0 radical (unpaired) electrons. The zero-order chi connectivity index (χ0) is 23.1. The van der Waals surface area contributed by atoms with E-state index in [1.165, 1.54) is 4.90 Å². The highest BCUT2D eigenvalue weighted by molar-refractivity contribution is 6.36. The summed E-state index contributed by atoms with van der Waals surface area (Å²) in [4.78, 5) is 27.3. The number of halogens is 2. The molecule has 2 rings (SSSR count). The monoisotopic (exact) mass is 464 g/mol. The number of benzene rings is 2. The van der Waals surface area contributed by atoms with Crippen molar-refractivity contribution >= 4 is 35.0 Å². The Morgan fingerprint density at radius 2 is 1.71 bits per heavy atom. The zero-order valence-electron chi connectivity index (χ0n) is 18.7. The third-order valence-corrected chi connectivity index (χ3v) is 5.63. The molecule has 1 N–H and O–H groups in total. The van der Waals surface area contributed by atoms with Gasteiger partial charge < -0.3 is 15.0 Å². The Morgan fingerprint density at radius 3 is 2.29 bits per heavy atom. The number of hydrogen-bond acceptors (Lipinski definition) is 3. The van der Waals surface area contributed by atoms with Gasteiger partial charge in [0, 0.05) is 28.7 Å². The van der Waals surface area contributed by atoms with Crippen molar-refractivity contribution in [2.24, 2.45) is 5.92 Å². The molecule has 0 aliphatic rings. The van der Waals surface area contributed by atoms with E-state index in [9.17, 15) is 9.59 Å². The molecular formula is C24H30Cl2N2O3. The second-order valence-corrected chi connectivity index (χ2v) is 8.91. The fourth-order valence-corrected chi connectivity index (χ4v) is 3.59. The van der Waals surface area contributed by atoms with Crippen molar-refractivity contribution in [1.82, 2.24) is 10.2 Å². The van der Waals surface area contributed by atoms with Crippen LogP contribution in [0.3, 0.4) is 0 Å². The van der Waals surface area contributed by atoms with Gasteiger partial charge in [-0.2, -0.15) is 0 Å². The van der Waals surface area contributed by atoms with Crippen LogP contribution >= 0.6 is 23.2 Å². The molecule has 168 valence electrons. The lowest BCUT2D eigenvalue weighted by atomic mass is 10.1. The van der Waals surface area contributed by atoms with Gasteiger partial charge in [0.1, 0.15) is 11.8 Å². The maximum Gasteiger partial charge on any atom is 0.261 e. The number of carbonyl (C=O) groups is 2. The summed E-state index contributed by atoms with van der Waals surface area (Å²) in [6.07, 6.45) is 0. The summed E-state index contributed by atoms with van der Waals surface area (Å²) in [6, 6.07) is 10.2. The van der Waals surface area contributed by atoms with Crippen LogP contribution in [0.4, 0.5) is 0 Å². The van der Waals surface area contributed by atoms with Crippen LogP contribution in [0.25, 0.3) is 0 Å². The lowest BCUT2D eigenvalue weighted by molar-refractivity contribution is -0.142. The maximum absolute atomic E-state index is 13.1. The fourth-order valence-electron chi connectivity index (χ4n) is 3.07. The average molecular weight is 465 g/mol. The number of rotatable bonds is 9. The molecule has 0 fully saturated rings. The Morgan fingerprint density at radius 1 is 1.06 bits per heavy atom. The number of ether oxygens (including phenoxy) is 1. The number of amides is 2. The first kappa shape index (κ1) is 25.0. The van der Waals surface area contributed by atoms with Gasteiger partial charge in [0.15, 0.2) is 6.61 Å². The summed E-state index contributed by atoms with van der Waals surface area (Å²) in [5.41, 5.74) is 2.65. The van der Waals surface area contributed by atoms with E-state index in [0.29, 0.717) is 33.8 Å². The van der Waals surface area contributed by atoms with Gasteiger partial charge in [-0.15, -0.1) is 0 Å². The fraction of sp³-hybridized carbons (Fsp3) is 0.417. The van der Waals surface area contributed by atoms with E-state index in [-0.39, 0.29) is 25.0 Å². The molecule has 0 spiro atoms. The number of nitrogens with zero attached hydrogens (tertiary/aromatic N) is 1. The summed E-state index contributed by atoms with van der Waals surface area (Å²) in [7, 11) is 0. The van der Waals surface area contributed by atoms with Crippen molar-refractivity contribution < 1.29 is 14.3 Å². The molecule has 5 nitrogen and oxygen atoms in total. The molecule has 1 atom stereocenters. The highest BCUT2D eigenvalue weighted by Crippen LogP contribution is 2.27. The highest BCUT2D eigenvalue weighted by atomic mass is 35.5. The Balaban J connectivity index is 2.22. The number of aryl methyl sites for hydroxylation is 2. The second-order valence-electron chi connectivity index (χ2n) is 8.09. The predicted molar refractivity (Wildman–Crippen MR) is 126 cm³/mol. The van der Waals surface area contributed by atoms with Crippen LogP contribution in [0, 0.1) is 19.8 Å². The van der Waals surface area contributed by atoms with Crippen molar-refractivity contribution in [3.63, 3.8) is 0 Å². The van der Waals surface area contributed by atoms with Gasteiger partial charge in [-0.1, -0.05) is 60.8 Å². The molecule has 2 aromatic rings. The lowest BCUT2D eigenvalue weighted by Crippen LogP contribution is -2.49. The van der Waals surface area contributed by atoms with E-state index in [2.05, 4.69) is 5.32 Å². The summed E-state index contributed by atoms with van der Waals surface area (Å²) in [6.45, 7) is 10.1. The SMILES string of the molecule is Cc1ccc(OCC(=O)N(Cc2c(Cl)cccc2Cl)C(C)C(=O)NCC(C)C)c(C)c1. The Kier molecular flexibility index (Phi) is 9.20. The van der Waals surface area contributed by atoms with E-state index in [4.69, 9.17) is 27.9 Å². The molecule has 31 heavy (non-hydrogen) atoms. The van der Waals surface area contributed by atoms with Crippen LogP contribution in [0.1, 0.15) is 37.5 Å². The first-order valence-electron chi connectivity index (χ1n) is 10.3. The van der Waals surface area contributed by atoms with Gasteiger partial charge in [0.25, 0.3) is 5.91 Å². The summed E-state index contributed by atoms with van der Waals surface area (Å²) < 4.78 is 5.77. The minimum Gasteiger partial charge on any atom is -0.483 e. The molecular weight excluding hydrogens is 435 g/mol. The molecule has 0 bridgehead atoms. The van der Waals surface area contributed by atoms with Crippen LogP contribution in [-0.4, -0.2) is 35.9 Å². The van der Waals surface area contributed by atoms with Crippen molar-refractivity contribution in [2.45, 2.75) is 47.2 Å². The predicted octanol–water partition coefficient (Wildman–Crippen LogP) is 5.18. The molecule has 7 heteroatoms. The van der Waals surface area contributed by atoms with Gasteiger partial charge in [-0.3, -0.25) is 9.59 Å². The Bertz CT molecular complexity index is 911. The van der Waals surface area contributed by atoms with E-state index in [1.807, 2.05) is 45.9 Å². The van der Waals surface area contributed by atoms with E-state index in [1.54, 1.807) is 25.1 Å². The van der Waals surface area contributed by atoms with Crippen molar-refractivity contribution in [2.75, 3.05) is 13.2 Å². The first-order chi connectivity index (χ1) is 14.6. The topological polar surface area (TPSA) is 58.6 Å². The van der Waals surface area contributed by atoms with Crippen LogP contribution in [0.15, 0.2) is 36.4 Å². The van der Waals surface area contributed by atoms with Gasteiger partial charge in [0.2, 0.25) is 5.91 Å². The summed E-state index contributed by atoms with van der Waals surface area (Å²) in [5, 5.41) is 3.76. The lowest BCUT2D eigenvalue weighted by Gasteiger charge is -2.29. The van der Waals surface area contributed by atoms with Crippen molar-refractivity contribution in [1.29, 1.82) is 0 Å². The standard InChI is InChI=1S/C24H30Cl2N2O3/c1-15(2)12-27-24(30)18(5)28(13-19-20(25)7-6-8-21(19)26)23(29)14-31-22-10-9-16(3)11-17(22)4/h6-11,15,18H,12-14H2,1-5H3,(H,27,30). The van der Waals surface area contributed by atoms with Gasteiger partial charge in [-0.05, 0) is 50.5 Å². The quantitative estimate of drug-likeness (QED) is 0.555. The van der Waals surface area contributed by atoms with E-state index >= 15 is 0 Å². The molecule has 0 saturated heterocycles. The molecule has 0 saturated carbocycles. The largest absolute Gasteiger partial charge is 0.483 e. The summed E-state index contributed by atoms with van der Waals surface area (Å²) >= 11 is 12.6. The minimum atomic E-state index is -0.721. The smallest absolute Gasteiger partial charge is 0.261 e. The zero-order valence-corrected chi connectivity index (χ0v) is 20.2. The van der Waals surface area contributed by atoms with E-state index < -0.39 is 6.04 Å².